The molecule has 0 aromatic rings. The highest BCUT2D eigenvalue weighted by Gasteiger charge is 2.07. The van der Waals surface area contributed by atoms with Gasteiger partial charge in [-0.2, -0.15) is 0 Å². The lowest BCUT2D eigenvalue weighted by Gasteiger charge is -2.22. The Morgan fingerprint density at radius 2 is 1.30 bits per heavy atom. The molecule has 0 saturated heterocycles. The minimum absolute atomic E-state index is 0.209. The smallest absolute Gasteiger partial charge is 0.0164 e. The van der Waals surface area contributed by atoms with Gasteiger partial charge in [-0.05, 0) is 27.7 Å². The van der Waals surface area contributed by atoms with Gasteiger partial charge in [0.1, 0.15) is 0 Å². The minimum Gasteiger partial charge on any atom is -0.327 e. The molecule has 0 aliphatic heterocycles. The Bertz CT molecular complexity index is 232. The monoisotopic (exact) mass is 285 g/mol. The molecular formula is C15H35N5. The van der Waals surface area contributed by atoms with Crippen LogP contribution in [0, 0.1) is 0 Å². The number of hydrogen-bond acceptors (Lipinski definition) is 5. The summed E-state index contributed by atoms with van der Waals surface area (Å²) in [5.41, 5.74) is 5.72. The number of nitrogens with two attached hydrogens (primary N) is 1. The van der Waals surface area contributed by atoms with Gasteiger partial charge < -0.3 is 27.0 Å². The molecule has 0 heterocycles. The molecule has 0 bridgehead atoms. The van der Waals surface area contributed by atoms with Crippen LogP contribution in [0.15, 0.2) is 12.7 Å². The molecule has 20 heavy (non-hydrogen) atoms. The van der Waals surface area contributed by atoms with E-state index in [0.717, 1.165) is 32.7 Å². The van der Waals surface area contributed by atoms with Gasteiger partial charge in [-0.15, -0.1) is 6.58 Å². The quantitative estimate of drug-likeness (QED) is 0.244. The Balaban J connectivity index is 3.56. The zero-order chi connectivity index (χ0) is 15.4. The van der Waals surface area contributed by atoms with E-state index in [9.17, 15) is 0 Å². The molecule has 4 unspecified atom stereocenters. The van der Waals surface area contributed by atoms with Gasteiger partial charge in [-0.3, -0.25) is 0 Å². The lowest BCUT2D eigenvalue weighted by Crippen LogP contribution is -2.47. The molecular weight excluding hydrogens is 250 g/mol. The first-order valence-electron chi connectivity index (χ1n) is 7.73. The summed E-state index contributed by atoms with van der Waals surface area (Å²) in [6.07, 6.45) is 1.88. The molecule has 0 saturated carbocycles. The maximum absolute atomic E-state index is 5.72. The number of rotatable bonds is 13. The molecule has 0 aliphatic rings. The van der Waals surface area contributed by atoms with Crippen LogP contribution in [0.4, 0.5) is 0 Å². The standard InChI is InChI=1S/C15H35N5/c1-6-7-17-9-13(3)19-11-15(5)20-10-14(4)18-8-12(2)16/h6,12-15,17-20H,1,7-11,16H2,2-5H3. The Morgan fingerprint density at radius 3 is 1.75 bits per heavy atom. The lowest BCUT2D eigenvalue weighted by molar-refractivity contribution is 0.418. The van der Waals surface area contributed by atoms with Gasteiger partial charge in [0.05, 0.1) is 0 Å². The number of hydrogen-bond donors (Lipinski definition) is 5. The van der Waals surface area contributed by atoms with Crippen molar-refractivity contribution in [2.75, 3.05) is 32.7 Å². The molecule has 0 aromatic heterocycles. The van der Waals surface area contributed by atoms with Crippen LogP contribution in [0.3, 0.4) is 0 Å². The van der Waals surface area contributed by atoms with E-state index in [2.05, 4.69) is 48.6 Å². The van der Waals surface area contributed by atoms with Gasteiger partial charge in [0.25, 0.3) is 0 Å². The van der Waals surface area contributed by atoms with Crippen molar-refractivity contribution in [3.8, 4) is 0 Å². The maximum atomic E-state index is 5.72. The summed E-state index contributed by atoms with van der Waals surface area (Å²) in [4.78, 5) is 0. The lowest BCUT2D eigenvalue weighted by atomic mass is 10.2. The molecule has 5 nitrogen and oxygen atoms in total. The fourth-order valence-electron chi connectivity index (χ4n) is 1.76. The predicted molar refractivity (Wildman–Crippen MR) is 89.1 cm³/mol. The fourth-order valence-corrected chi connectivity index (χ4v) is 1.76. The van der Waals surface area contributed by atoms with Crippen LogP contribution in [-0.4, -0.2) is 56.9 Å². The number of nitrogens with one attached hydrogen (secondary N) is 4. The van der Waals surface area contributed by atoms with Gasteiger partial charge in [0.15, 0.2) is 0 Å². The molecule has 0 radical (unpaired) electrons. The van der Waals surface area contributed by atoms with Crippen molar-refractivity contribution in [2.45, 2.75) is 51.9 Å². The van der Waals surface area contributed by atoms with Gasteiger partial charge >= 0.3 is 0 Å². The SMILES string of the molecule is C=CCNCC(C)NCC(C)NCC(C)NCC(C)N. The van der Waals surface area contributed by atoms with Crippen LogP contribution in [-0.2, 0) is 0 Å². The van der Waals surface area contributed by atoms with E-state index >= 15 is 0 Å². The molecule has 5 heteroatoms. The van der Waals surface area contributed by atoms with Crippen LogP contribution >= 0.6 is 0 Å². The normalized spacial score (nSPS) is 17.4. The third-order valence-corrected chi connectivity index (χ3v) is 3.07. The molecule has 0 aliphatic carbocycles. The predicted octanol–water partition coefficient (Wildman–Crippen LogP) is 0.0435. The van der Waals surface area contributed by atoms with Gasteiger partial charge in [0, 0.05) is 56.9 Å². The van der Waals surface area contributed by atoms with Crippen LogP contribution in [0.2, 0.25) is 0 Å². The summed E-state index contributed by atoms with van der Waals surface area (Å²) in [6.45, 7) is 16.9. The fraction of sp³-hybridized carbons (Fsp3) is 0.867. The van der Waals surface area contributed by atoms with Crippen molar-refractivity contribution in [2.24, 2.45) is 5.73 Å². The molecule has 0 rings (SSSR count). The summed E-state index contributed by atoms with van der Waals surface area (Å²) in [6, 6.07) is 1.57. The third-order valence-electron chi connectivity index (χ3n) is 3.07. The highest BCUT2D eigenvalue weighted by molar-refractivity contribution is 4.75. The highest BCUT2D eigenvalue weighted by atomic mass is 15.0. The molecule has 120 valence electrons. The van der Waals surface area contributed by atoms with Crippen molar-refractivity contribution >= 4 is 0 Å². The Labute approximate surface area is 125 Å². The van der Waals surface area contributed by atoms with Crippen LogP contribution in [0.25, 0.3) is 0 Å². The van der Waals surface area contributed by atoms with E-state index in [-0.39, 0.29) is 6.04 Å². The zero-order valence-electron chi connectivity index (χ0n) is 13.7. The van der Waals surface area contributed by atoms with E-state index in [1.165, 1.54) is 0 Å². The second-order valence-corrected chi connectivity index (χ2v) is 5.85. The van der Waals surface area contributed by atoms with E-state index in [1.54, 1.807) is 0 Å². The van der Waals surface area contributed by atoms with Crippen molar-refractivity contribution in [1.29, 1.82) is 0 Å². The zero-order valence-corrected chi connectivity index (χ0v) is 13.7. The average molecular weight is 285 g/mol. The summed E-state index contributed by atoms with van der Waals surface area (Å²) >= 11 is 0. The van der Waals surface area contributed by atoms with Gasteiger partial charge in [-0.1, -0.05) is 6.08 Å². The van der Waals surface area contributed by atoms with Gasteiger partial charge in [-0.25, -0.2) is 0 Å². The maximum Gasteiger partial charge on any atom is 0.0164 e. The van der Waals surface area contributed by atoms with E-state index in [1.807, 2.05) is 13.0 Å². The van der Waals surface area contributed by atoms with Crippen molar-refractivity contribution in [1.82, 2.24) is 21.3 Å². The van der Waals surface area contributed by atoms with E-state index in [4.69, 9.17) is 5.73 Å². The summed E-state index contributed by atoms with van der Waals surface area (Å²) < 4.78 is 0. The second kappa shape index (κ2) is 12.3. The largest absolute Gasteiger partial charge is 0.327 e. The molecule has 0 amide bonds. The summed E-state index contributed by atoms with van der Waals surface area (Å²) in [5.74, 6) is 0. The highest BCUT2D eigenvalue weighted by Crippen LogP contribution is 1.86. The first-order chi connectivity index (χ1) is 9.45. The van der Waals surface area contributed by atoms with Crippen molar-refractivity contribution < 1.29 is 0 Å². The third kappa shape index (κ3) is 12.6. The average Bonchev–Trinajstić information content (AvgIpc) is 2.40. The molecule has 0 aromatic carbocycles. The van der Waals surface area contributed by atoms with Gasteiger partial charge in [0.2, 0.25) is 0 Å². The van der Waals surface area contributed by atoms with Crippen LogP contribution in [0.5, 0.6) is 0 Å². The Hall–Kier alpha value is -0.460. The first-order valence-corrected chi connectivity index (χ1v) is 7.73. The van der Waals surface area contributed by atoms with E-state index in [0.29, 0.717) is 18.1 Å². The topological polar surface area (TPSA) is 74.1 Å². The Kier molecular flexibility index (Phi) is 12.0. The minimum atomic E-state index is 0.209. The van der Waals surface area contributed by atoms with Crippen molar-refractivity contribution in [3.63, 3.8) is 0 Å². The second-order valence-electron chi connectivity index (χ2n) is 5.85. The molecule has 6 N–H and O–H groups in total. The first kappa shape index (κ1) is 19.5. The van der Waals surface area contributed by atoms with Crippen LogP contribution in [0.1, 0.15) is 27.7 Å². The summed E-state index contributed by atoms with van der Waals surface area (Å²) in [5, 5.41) is 13.8. The molecule has 4 atom stereocenters. The van der Waals surface area contributed by atoms with Crippen LogP contribution < -0.4 is 27.0 Å². The molecule has 0 fully saturated rings. The summed E-state index contributed by atoms with van der Waals surface area (Å²) in [7, 11) is 0. The van der Waals surface area contributed by atoms with Crippen molar-refractivity contribution in [3.05, 3.63) is 12.7 Å². The Morgan fingerprint density at radius 1 is 0.850 bits per heavy atom. The molecule has 0 spiro atoms. The van der Waals surface area contributed by atoms with E-state index < -0.39 is 0 Å².